The summed E-state index contributed by atoms with van der Waals surface area (Å²) < 4.78 is 5.93. The molecule has 3 nitrogen and oxygen atoms in total. The van der Waals surface area contributed by atoms with Gasteiger partial charge in [-0.3, -0.25) is 0 Å². The van der Waals surface area contributed by atoms with Gasteiger partial charge in [0.1, 0.15) is 12.4 Å². The lowest BCUT2D eigenvalue weighted by Crippen LogP contribution is -2.04. The summed E-state index contributed by atoms with van der Waals surface area (Å²) in [7, 11) is 0. The van der Waals surface area contributed by atoms with E-state index in [-0.39, 0.29) is 5.92 Å². The molecule has 140 valence electrons. The Balaban J connectivity index is 1.54. The first kappa shape index (κ1) is 17.8. The van der Waals surface area contributed by atoms with Crippen LogP contribution in [0.25, 0.3) is 5.57 Å². The summed E-state index contributed by atoms with van der Waals surface area (Å²) in [5, 5.41) is 12.4. The van der Waals surface area contributed by atoms with Crippen LogP contribution in [0, 0.1) is 11.8 Å². The van der Waals surface area contributed by atoms with Crippen molar-refractivity contribution >= 4 is 11.8 Å². The van der Waals surface area contributed by atoms with Crippen LogP contribution in [0.4, 0.5) is 0 Å². The molecule has 27 heavy (non-hydrogen) atoms. The monoisotopic (exact) mass is 361 g/mol. The van der Waals surface area contributed by atoms with Gasteiger partial charge in [-0.1, -0.05) is 60.9 Å². The Morgan fingerprint density at radius 2 is 1.70 bits per heavy atom. The van der Waals surface area contributed by atoms with E-state index in [9.17, 15) is 0 Å². The first-order valence-corrected chi connectivity index (χ1v) is 10.0. The maximum atomic E-state index is 9.09. The summed E-state index contributed by atoms with van der Waals surface area (Å²) in [4.78, 5) is 0. The van der Waals surface area contributed by atoms with Gasteiger partial charge in [0, 0.05) is 5.92 Å². The minimum absolute atomic E-state index is 0.224. The predicted molar refractivity (Wildman–Crippen MR) is 109 cm³/mol. The number of hydrogen-bond acceptors (Lipinski definition) is 3. The van der Waals surface area contributed by atoms with E-state index in [0.29, 0.717) is 12.5 Å². The molecule has 0 radical (unpaired) electrons. The summed E-state index contributed by atoms with van der Waals surface area (Å²) in [5.41, 5.74) is 5.39. The number of rotatable bonds is 6. The van der Waals surface area contributed by atoms with Crippen molar-refractivity contribution in [3.63, 3.8) is 0 Å². The number of hydrogen-bond donors (Lipinski definition) is 1. The van der Waals surface area contributed by atoms with Crippen LogP contribution >= 0.6 is 0 Å². The first-order chi connectivity index (χ1) is 13.3. The molecule has 1 fully saturated rings. The molecule has 1 atom stereocenters. The van der Waals surface area contributed by atoms with E-state index in [2.05, 4.69) is 41.6 Å². The minimum atomic E-state index is 0.224. The first-order valence-electron chi connectivity index (χ1n) is 10.0. The van der Waals surface area contributed by atoms with E-state index < -0.39 is 0 Å². The topological polar surface area (TPSA) is 41.8 Å². The highest BCUT2D eigenvalue weighted by Gasteiger charge is 2.31. The van der Waals surface area contributed by atoms with Crippen molar-refractivity contribution in [2.24, 2.45) is 17.0 Å². The third kappa shape index (κ3) is 4.08. The maximum Gasteiger partial charge on any atom is 0.119 e. The second-order valence-electron chi connectivity index (χ2n) is 7.63. The van der Waals surface area contributed by atoms with Crippen molar-refractivity contribution < 1.29 is 9.94 Å². The third-order valence-electron chi connectivity index (χ3n) is 5.95. The summed E-state index contributed by atoms with van der Waals surface area (Å²) in [6, 6.07) is 18.7. The van der Waals surface area contributed by atoms with Crippen LogP contribution in [0.5, 0.6) is 5.75 Å². The van der Waals surface area contributed by atoms with E-state index in [1.165, 1.54) is 42.4 Å². The molecule has 0 aliphatic heterocycles. The highest BCUT2D eigenvalue weighted by molar-refractivity contribution is 5.86. The van der Waals surface area contributed by atoms with Gasteiger partial charge in [0.25, 0.3) is 0 Å². The zero-order valence-corrected chi connectivity index (χ0v) is 15.7. The van der Waals surface area contributed by atoms with Crippen LogP contribution in [0.3, 0.4) is 0 Å². The van der Waals surface area contributed by atoms with Gasteiger partial charge in [-0.2, -0.15) is 0 Å². The fourth-order valence-electron chi connectivity index (χ4n) is 4.63. The van der Waals surface area contributed by atoms with Crippen molar-refractivity contribution in [3.8, 4) is 5.75 Å². The van der Waals surface area contributed by atoms with E-state index in [1.807, 2.05) is 18.2 Å². The number of ether oxygens (including phenoxy) is 1. The summed E-state index contributed by atoms with van der Waals surface area (Å²) in [5.74, 6) is 1.82. The quantitative estimate of drug-likeness (QED) is 0.385. The molecule has 2 aromatic rings. The smallest absolute Gasteiger partial charge is 0.119 e. The predicted octanol–water partition coefficient (Wildman–Crippen LogP) is 6.08. The maximum absolute atomic E-state index is 9.09. The zero-order valence-electron chi connectivity index (χ0n) is 15.7. The molecule has 0 heterocycles. The van der Waals surface area contributed by atoms with E-state index in [0.717, 1.165) is 18.6 Å². The Hall–Kier alpha value is -2.55. The molecule has 1 N–H and O–H groups in total. The molecule has 4 rings (SSSR count). The Morgan fingerprint density at radius 1 is 0.963 bits per heavy atom. The number of allylic oxidation sites excluding steroid dienone is 2. The SMILES string of the molecule is ON=CC1CCC(C2CCCC2)=C1c1ccc(OCc2ccccc2)cc1. The summed E-state index contributed by atoms with van der Waals surface area (Å²) >= 11 is 0. The van der Waals surface area contributed by atoms with Gasteiger partial charge < -0.3 is 9.94 Å². The average Bonchev–Trinajstić information content (AvgIpc) is 3.38. The Bertz CT molecular complexity index is 802. The van der Waals surface area contributed by atoms with Gasteiger partial charge in [-0.25, -0.2) is 0 Å². The molecule has 0 bridgehead atoms. The van der Waals surface area contributed by atoms with Gasteiger partial charge in [0.15, 0.2) is 0 Å². The molecule has 3 heteroatoms. The summed E-state index contributed by atoms with van der Waals surface area (Å²) in [6.45, 7) is 0.579. The Morgan fingerprint density at radius 3 is 2.41 bits per heavy atom. The number of benzene rings is 2. The molecule has 0 spiro atoms. The minimum Gasteiger partial charge on any atom is -0.489 e. The lowest BCUT2D eigenvalue weighted by Gasteiger charge is -2.17. The van der Waals surface area contributed by atoms with Gasteiger partial charge in [0.2, 0.25) is 0 Å². The van der Waals surface area contributed by atoms with Gasteiger partial charge in [-0.15, -0.1) is 5.16 Å². The van der Waals surface area contributed by atoms with Crippen LogP contribution in [0.15, 0.2) is 65.3 Å². The van der Waals surface area contributed by atoms with Crippen molar-refractivity contribution in [1.29, 1.82) is 0 Å². The number of oxime groups is 1. The molecule has 0 saturated heterocycles. The molecule has 1 unspecified atom stereocenters. The van der Waals surface area contributed by atoms with E-state index >= 15 is 0 Å². The van der Waals surface area contributed by atoms with Crippen LogP contribution in [0.1, 0.15) is 49.7 Å². The molecule has 1 saturated carbocycles. The lowest BCUT2D eigenvalue weighted by molar-refractivity contribution is 0.306. The van der Waals surface area contributed by atoms with Crippen LogP contribution in [-0.4, -0.2) is 11.4 Å². The molecule has 0 amide bonds. The molecule has 2 aromatic carbocycles. The third-order valence-corrected chi connectivity index (χ3v) is 5.95. The van der Waals surface area contributed by atoms with Crippen molar-refractivity contribution in [2.75, 3.05) is 0 Å². The van der Waals surface area contributed by atoms with Crippen LogP contribution in [0.2, 0.25) is 0 Å². The van der Waals surface area contributed by atoms with Gasteiger partial charge in [-0.05, 0) is 60.4 Å². The average molecular weight is 361 g/mol. The molecule has 2 aliphatic rings. The van der Waals surface area contributed by atoms with Gasteiger partial charge in [0.05, 0.1) is 6.21 Å². The molecule has 2 aliphatic carbocycles. The normalized spacial score (nSPS) is 20.7. The van der Waals surface area contributed by atoms with Crippen molar-refractivity contribution in [2.45, 2.75) is 45.1 Å². The Labute approximate surface area is 161 Å². The fourth-order valence-corrected chi connectivity index (χ4v) is 4.63. The highest BCUT2D eigenvalue weighted by Crippen LogP contribution is 2.46. The highest BCUT2D eigenvalue weighted by atomic mass is 16.5. The van der Waals surface area contributed by atoms with Crippen molar-refractivity contribution in [1.82, 2.24) is 0 Å². The van der Waals surface area contributed by atoms with Crippen molar-refractivity contribution in [3.05, 3.63) is 71.3 Å². The number of nitrogens with zero attached hydrogens (tertiary/aromatic N) is 1. The van der Waals surface area contributed by atoms with Crippen LogP contribution < -0.4 is 4.74 Å². The largest absolute Gasteiger partial charge is 0.489 e. The van der Waals surface area contributed by atoms with Crippen LogP contribution in [-0.2, 0) is 6.61 Å². The second-order valence-corrected chi connectivity index (χ2v) is 7.63. The molecule has 0 aromatic heterocycles. The van der Waals surface area contributed by atoms with E-state index in [4.69, 9.17) is 9.94 Å². The Kier molecular flexibility index (Phi) is 5.57. The lowest BCUT2D eigenvalue weighted by atomic mass is 9.88. The fraction of sp³-hybridized carbons (Fsp3) is 0.375. The standard InChI is InChI=1S/C24H27NO2/c26-25-16-21-12-15-23(19-8-4-5-9-19)24(21)20-10-13-22(14-11-20)27-17-18-6-2-1-3-7-18/h1-3,6-7,10-11,13-14,16,19,21,26H,4-5,8-9,12,15,17H2. The molecular formula is C24H27NO2. The molecular weight excluding hydrogens is 334 g/mol. The van der Waals surface area contributed by atoms with E-state index in [1.54, 1.807) is 11.8 Å². The second kappa shape index (κ2) is 8.43. The zero-order chi connectivity index (χ0) is 18.5. The van der Waals surface area contributed by atoms with Gasteiger partial charge >= 0.3 is 0 Å². The summed E-state index contributed by atoms with van der Waals surface area (Å²) in [6.07, 6.45) is 9.18.